The van der Waals surface area contributed by atoms with Crippen molar-refractivity contribution in [2.24, 2.45) is 11.7 Å². The van der Waals surface area contributed by atoms with Crippen LogP contribution in [0.25, 0.3) is 0 Å². The van der Waals surface area contributed by atoms with Crippen molar-refractivity contribution < 1.29 is 0 Å². The molecule has 0 spiro atoms. The predicted molar refractivity (Wildman–Crippen MR) is 74.2 cm³/mol. The second kappa shape index (κ2) is 7.08. The molecule has 92 valence electrons. The lowest BCUT2D eigenvalue weighted by Gasteiger charge is -2.11. The smallest absolute Gasteiger partial charge is 0.00790 e. The average Bonchev–Trinajstić information content (AvgIpc) is 2.67. The fourth-order valence-corrected chi connectivity index (χ4v) is 3.48. The fourth-order valence-electron chi connectivity index (χ4n) is 2.04. The summed E-state index contributed by atoms with van der Waals surface area (Å²) in [6.07, 6.45) is 4.85. The summed E-state index contributed by atoms with van der Waals surface area (Å²) in [6, 6.07) is 4.64. The largest absolute Gasteiger partial charge is 0.330 e. The molecule has 1 nitrogen and oxygen atoms in total. The Morgan fingerprint density at radius 2 is 2.06 bits per heavy atom. The first-order valence-electron chi connectivity index (χ1n) is 6.46. The van der Waals surface area contributed by atoms with Gasteiger partial charge in [-0.15, -0.1) is 11.3 Å². The fraction of sp³-hybridized carbons (Fsp3) is 0.714. The average molecular weight is 239 g/mol. The first kappa shape index (κ1) is 13.7. The highest BCUT2D eigenvalue weighted by Gasteiger charge is 2.12. The van der Waals surface area contributed by atoms with E-state index in [1.165, 1.54) is 24.1 Å². The van der Waals surface area contributed by atoms with E-state index < -0.39 is 0 Å². The van der Waals surface area contributed by atoms with Crippen LogP contribution < -0.4 is 5.73 Å². The third-order valence-corrected chi connectivity index (χ3v) is 4.21. The van der Waals surface area contributed by atoms with Crippen molar-refractivity contribution in [3.05, 3.63) is 21.9 Å². The van der Waals surface area contributed by atoms with Gasteiger partial charge in [-0.05, 0) is 56.2 Å². The van der Waals surface area contributed by atoms with Gasteiger partial charge < -0.3 is 5.73 Å². The SMILES string of the molecule is CCC(CCCN)c1ccc(CC(C)C)s1. The molecule has 0 aromatic carbocycles. The molecule has 2 heteroatoms. The van der Waals surface area contributed by atoms with Crippen LogP contribution in [0.1, 0.15) is 55.7 Å². The zero-order chi connectivity index (χ0) is 12.0. The van der Waals surface area contributed by atoms with E-state index in [2.05, 4.69) is 32.9 Å². The molecular weight excluding hydrogens is 214 g/mol. The van der Waals surface area contributed by atoms with Crippen molar-refractivity contribution in [2.75, 3.05) is 6.54 Å². The molecule has 0 amide bonds. The van der Waals surface area contributed by atoms with E-state index in [9.17, 15) is 0 Å². The third-order valence-electron chi connectivity index (χ3n) is 2.94. The molecule has 2 N–H and O–H groups in total. The Hall–Kier alpha value is -0.340. The first-order chi connectivity index (χ1) is 7.67. The monoisotopic (exact) mass is 239 g/mol. The van der Waals surface area contributed by atoms with Gasteiger partial charge in [0.15, 0.2) is 0 Å². The molecule has 0 fully saturated rings. The Labute approximate surface area is 104 Å². The van der Waals surface area contributed by atoms with Gasteiger partial charge in [0, 0.05) is 9.75 Å². The second-order valence-corrected chi connectivity index (χ2v) is 6.14. The Morgan fingerprint density at radius 3 is 2.62 bits per heavy atom. The summed E-state index contributed by atoms with van der Waals surface area (Å²) in [5.74, 6) is 1.49. The normalized spacial score (nSPS) is 13.3. The van der Waals surface area contributed by atoms with Gasteiger partial charge in [0.25, 0.3) is 0 Å². The minimum atomic E-state index is 0.731. The zero-order valence-electron chi connectivity index (χ0n) is 10.8. The van der Waals surface area contributed by atoms with Crippen LogP contribution in [0.4, 0.5) is 0 Å². The highest BCUT2D eigenvalue weighted by atomic mass is 32.1. The maximum atomic E-state index is 5.58. The number of rotatable bonds is 7. The van der Waals surface area contributed by atoms with Crippen LogP contribution in [-0.4, -0.2) is 6.54 Å². The Kier molecular flexibility index (Phi) is 6.07. The van der Waals surface area contributed by atoms with Gasteiger partial charge in [0.05, 0.1) is 0 Å². The predicted octanol–water partition coefficient (Wildman–Crippen LogP) is 4.18. The molecule has 16 heavy (non-hydrogen) atoms. The van der Waals surface area contributed by atoms with Gasteiger partial charge in [-0.2, -0.15) is 0 Å². The highest BCUT2D eigenvalue weighted by Crippen LogP contribution is 2.31. The van der Waals surface area contributed by atoms with E-state index in [-0.39, 0.29) is 0 Å². The van der Waals surface area contributed by atoms with E-state index in [1.807, 2.05) is 11.3 Å². The standard InChI is InChI=1S/C14H25NS/c1-4-12(6-5-9-15)14-8-7-13(16-14)10-11(2)3/h7-8,11-12H,4-6,9-10,15H2,1-3H3. The van der Waals surface area contributed by atoms with Gasteiger partial charge in [-0.3, -0.25) is 0 Å². The maximum absolute atomic E-state index is 5.58. The topological polar surface area (TPSA) is 26.0 Å². The molecule has 0 radical (unpaired) electrons. The molecule has 1 aromatic rings. The summed E-state index contributed by atoms with van der Waals surface area (Å²) in [4.78, 5) is 3.10. The Morgan fingerprint density at radius 1 is 1.31 bits per heavy atom. The van der Waals surface area contributed by atoms with Crippen molar-refractivity contribution in [1.82, 2.24) is 0 Å². The molecule has 1 unspecified atom stereocenters. The van der Waals surface area contributed by atoms with Crippen molar-refractivity contribution in [3.63, 3.8) is 0 Å². The van der Waals surface area contributed by atoms with Crippen LogP contribution in [0.5, 0.6) is 0 Å². The van der Waals surface area contributed by atoms with Gasteiger partial charge in [0.1, 0.15) is 0 Å². The summed E-state index contributed by atoms with van der Waals surface area (Å²) < 4.78 is 0. The zero-order valence-corrected chi connectivity index (χ0v) is 11.6. The van der Waals surface area contributed by atoms with Crippen LogP contribution >= 0.6 is 11.3 Å². The van der Waals surface area contributed by atoms with Crippen LogP contribution in [0.3, 0.4) is 0 Å². The van der Waals surface area contributed by atoms with E-state index >= 15 is 0 Å². The summed E-state index contributed by atoms with van der Waals surface area (Å²) in [6.45, 7) is 7.67. The quantitative estimate of drug-likeness (QED) is 0.759. The molecule has 0 aliphatic rings. The van der Waals surface area contributed by atoms with E-state index in [4.69, 9.17) is 5.73 Å². The van der Waals surface area contributed by atoms with Crippen LogP contribution in [0.2, 0.25) is 0 Å². The lowest BCUT2D eigenvalue weighted by atomic mass is 9.98. The minimum Gasteiger partial charge on any atom is -0.330 e. The van der Waals surface area contributed by atoms with Crippen molar-refractivity contribution >= 4 is 11.3 Å². The molecule has 0 aliphatic carbocycles. The Bertz CT molecular complexity index is 291. The maximum Gasteiger partial charge on any atom is 0.00790 e. The van der Waals surface area contributed by atoms with Crippen molar-refractivity contribution in [1.29, 1.82) is 0 Å². The summed E-state index contributed by atoms with van der Waals surface area (Å²) in [5.41, 5.74) is 5.58. The van der Waals surface area contributed by atoms with Crippen LogP contribution in [0.15, 0.2) is 12.1 Å². The molecular formula is C14H25NS. The van der Waals surface area contributed by atoms with Crippen molar-refractivity contribution in [2.45, 2.75) is 52.4 Å². The summed E-state index contributed by atoms with van der Waals surface area (Å²) in [5, 5.41) is 0. The van der Waals surface area contributed by atoms with Crippen LogP contribution in [0, 0.1) is 5.92 Å². The highest BCUT2D eigenvalue weighted by molar-refractivity contribution is 7.12. The van der Waals surface area contributed by atoms with Crippen LogP contribution in [-0.2, 0) is 6.42 Å². The van der Waals surface area contributed by atoms with E-state index in [0.717, 1.165) is 24.8 Å². The van der Waals surface area contributed by atoms with Gasteiger partial charge in [0.2, 0.25) is 0 Å². The molecule has 1 aromatic heterocycles. The second-order valence-electron chi connectivity index (χ2n) is 4.94. The molecule has 1 heterocycles. The minimum absolute atomic E-state index is 0.731. The number of hydrogen-bond donors (Lipinski definition) is 1. The van der Waals surface area contributed by atoms with Gasteiger partial charge >= 0.3 is 0 Å². The first-order valence-corrected chi connectivity index (χ1v) is 7.27. The lowest BCUT2D eigenvalue weighted by Crippen LogP contribution is -2.02. The van der Waals surface area contributed by atoms with Gasteiger partial charge in [-0.25, -0.2) is 0 Å². The third kappa shape index (κ3) is 4.26. The molecule has 1 rings (SSSR count). The molecule has 0 saturated carbocycles. The number of hydrogen-bond acceptors (Lipinski definition) is 2. The molecule has 1 atom stereocenters. The molecule has 0 aliphatic heterocycles. The van der Waals surface area contributed by atoms with Gasteiger partial charge in [-0.1, -0.05) is 20.8 Å². The summed E-state index contributed by atoms with van der Waals surface area (Å²) in [7, 11) is 0. The van der Waals surface area contributed by atoms with E-state index in [1.54, 1.807) is 4.88 Å². The number of thiophene rings is 1. The summed E-state index contributed by atoms with van der Waals surface area (Å²) >= 11 is 2.00. The van der Waals surface area contributed by atoms with E-state index in [0.29, 0.717) is 0 Å². The molecule has 0 bridgehead atoms. The Balaban J connectivity index is 2.59. The van der Waals surface area contributed by atoms with Crippen molar-refractivity contribution in [3.8, 4) is 0 Å². The molecule has 0 saturated heterocycles. The number of nitrogens with two attached hydrogens (primary N) is 1. The lowest BCUT2D eigenvalue weighted by molar-refractivity contribution is 0.589.